The lowest BCUT2D eigenvalue weighted by Crippen LogP contribution is -2.31. The molecule has 0 saturated heterocycles. The standard InChI is InChI=1S/C14H25NO2/c1-2-11-5-3-4-6-13(11)17-14(16)9-10-15-12-7-8-12/h11-13,15H,2-10H2,1H3. The molecule has 2 rings (SSSR count). The second-order valence-corrected chi connectivity index (χ2v) is 5.46. The SMILES string of the molecule is CCC1CCCCC1OC(=O)CCNC1CC1. The van der Waals surface area contributed by atoms with Gasteiger partial charge in [-0.05, 0) is 44.4 Å². The second kappa shape index (κ2) is 6.39. The Morgan fingerprint density at radius 1 is 1.24 bits per heavy atom. The van der Waals surface area contributed by atoms with E-state index in [1.165, 1.54) is 32.1 Å². The minimum absolute atomic E-state index is 0.0106. The number of nitrogens with one attached hydrogen (secondary N) is 1. The maximum absolute atomic E-state index is 11.7. The maximum Gasteiger partial charge on any atom is 0.307 e. The predicted octanol–water partition coefficient (Wildman–Crippen LogP) is 2.64. The van der Waals surface area contributed by atoms with Crippen LogP contribution in [-0.4, -0.2) is 24.7 Å². The lowest BCUT2D eigenvalue weighted by atomic mass is 9.85. The molecule has 1 N–H and O–H groups in total. The molecule has 0 spiro atoms. The Bertz CT molecular complexity index is 251. The fourth-order valence-corrected chi connectivity index (χ4v) is 2.69. The molecule has 2 aliphatic carbocycles. The van der Waals surface area contributed by atoms with E-state index in [0.29, 0.717) is 18.4 Å². The molecule has 2 unspecified atom stereocenters. The van der Waals surface area contributed by atoms with Gasteiger partial charge in [-0.25, -0.2) is 0 Å². The zero-order valence-electron chi connectivity index (χ0n) is 10.9. The molecule has 0 aromatic carbocycles. The minimum atomic E-state index is -0.0106. The Hall–Kier alpha value is -0.570. The summed E-state index contributed by atoms with van der Waals surface area (Å²) < 4.78 is 5.62. The van der Waals surface area contributed by atoms with Crippen molar-refractivity contribution in [1.29, 1.82) is 0 Å². The van der Waals surface area contributed by atoms with Crippen molar-refractivity contribution in [1.82, 2.24) is 5.32 Å². The van der Waals surface area contributed by atoms with Crippen LogP contribution in [0, 0.1) is 5.92 Å². The zero-order valence-corrected chi connectivity index (χ0v) is 10.9. The minimum Gasteiger partial charge on any atom is -0.462 e. The molecule has 0 aromatic heterocycles. The van der Waals surface area contributed by atoms with Gasteiger partial charge < -0.3 is 10.1 Å². The molecule has 0 bridgehead atoms. The van der Waals surface area contributed by atoms with E-state index in [2.05, 4.69) is 12.2 Å². The number of esters is 1. The molecule has 0 aromatic rings. The molecule has 17 heavy (non-hydrogen) atoms. The predicted molar refractivity (Wildman–Crippen MR) is 67.8 cm³/mol. The summed E-state index contributed by atoms with van der Waals surface area (Å²) in [6, 6.07) is 0.681. The Labute approximate surface area is 104 Å². The first-order chi connectivity index (χ1) is 8.29. The molecule has 0 heterocycles. The molecule has 98 valence electrons. The molecule has 3 nitrogen and oxygen atoms in total. The Morgan fingerprint density at radius 3 is 2.71 bits per heavy atom. The molecule has 2 aliphatic rings. The van der Waals surface area contributed by atoms with Crippen LogP contribution in [0.25, 0.3) is 0 Å². The average Bonchev–Trinajstić information content (AvgIpc) is 3.14. The van der Waals surface area contributed by atoms with Gasteiger partial charge in [0, 0.05) is 12.6 Å². The van der Waals surface area contributed by atoms with E-state index >= 15 is 0 Å². The van der Waals surface area contributed by atoms with Crippen molar-refractivity contribution in [3.05, 3.63) is 0 Å². The van der Waals surface area contributed by atoms with Crippen LogP contribution >= 0.6 is 0 Å². The summed E-state index contributed by atoms with van der Waals surface area (Å²) in [7, 11) is 0. The Morgan fingerprint density at radius 2 is 2.00 bits per heavy atom. The van der Waals surface area contributed by atoms with Crippen LogP contribution in [0.4, 0.5) is 0 Å². The van der Waals surface area contributed by atoms with Gasteiger partial charge in [0.2, 0.25) is 0 Å². The summed E-state index contributed by atoms with van der Waals surface area (Å²) in [6.45, 7) is 2.98. The molecule has 0 aliphatic heterocycles. The smallest absolute Gasteiger partial charge is 0.307 e. The molecule has 2 fully saturated rings. The van der Waals surface area contributed by atoms with Gasteiger partial charge in [0.15, 0.2) is 0 Å². The van der Waals surface area contributed by atoms with Gasteiger partial charge >= 0.3 is 5.97 Å². The van der Waals surface area contributed by atoms with Crippen molar-refractivity contribution in [3.63, 3.8) is 0 Å². The second-order valence-electron chi connectivity index (χ2n) is 5.46. The van der Waals surface area contributed by atoms with E-state index in [-0.39, 0.29) is 12.1 Å². The lowest BCUT2D eigenvalue weighted by Gasteiger charge is -2.30. The molecule has 3 heteroatoms. The summed E-state index contributed by atoms with van der Waals surface area (Å²) in [5, 5.41) is 3.35. The first-order valence-electron chi connectivity index (χ1n) is 7.22. The first kappa shape index (κ1) is 12.9. The highest BCUT2D eigenvalue weighted by Crippen LogP contribution is 2.29. The first-order valence-corrected chi connectivity index (χ1v) is 7.22. The molecule has 2 atom stereocenters. The van der Waals surface area contributed by atoms with Gasteiger partial charge in [0.25, 0.3) is 0 Å². The Balaban J connectivity index is 1.64. The van der Waals surface area contributed by atoms with Crippen molar-refractivity contribution in [3.8, 4) is 0 Å². The number of ether oxygens (including phenoxy) is 1. The van der Waals surface area contributed by atoms with Gasteiger partial charge in [-0.15, -0.1) is 0 Å². The van der Waals surface area contributed by atoms with Crippen LogP contribution in [-0.2, 0) is 9.53 Å². The number of hydrogen-bond donors (Lipinski definition) is 1. The molecular formula is C14H25NO2. The summed E-state index contributed by atoms with van der Waals surface area (Å²) in [5.41, 5.74) is 0. The molecule has 0 radical (unpaired) electrons. The van der Waals surface area contributed by atoms with E-state index < -0.39 is 0 Å². The topological polar surface area (TPSA) is 38.3 Å². The summed E-state index contributed by atoms with van der Waals surface area (Å²) in [6.07, 6.45) is 9.23. The number of carbonyl (C=O) groups excluding carboxylic acids is 1. The van der Waals surface area contributed by atoms with E-state index in [9.17, 15) is 4.79 Å². The Kier molecular flexibility index (Phi) is 4.84. The van der Waals surface area contributed by atoms with Gasteiger partial charge in [0.05, 0.1) is 6.42 Å². The van der Waals surface area contributed by atoms with E-state index in [0.717, 1.165) is 19.4 Å². The van der Waals surface area contributed by atoms with Gasteiger partial charge in [0.1, 0.15) is 6.10 Å². The van der Waals surface area contributed by atoms with Crippen LogP contribution in [0.2, 0.25) is 0 Å². The van der Waals surface area contributed by atoms with Gasteiger partial charge in [-0.1, -0.05) is 13.3 Å². The van der Waals surface area contributed by atoms with Crippen LogP contribution in [0.5, 0.6) is 0 Å². The quantitative estimate of drug-likeness (QED) is 0.724. The normalized spacial score (nSPS) is 29.0. The fourth-order valence-electron chi connectivity index (χ4n) is 2.69. The highest BCUT2D eigenvalue weighted by molar-refractivity contribution is 5.69. The lowest BCUT2D eigenvalue weighted by molar-refractivity contribution is -0.153. The molecule has 0 amide bonds. The zero-order chi connectivity index (χ0) is 12.1. The highest BCUT2D eigenvalue weighted by atomic mass is 16.5. The van der Waals surface area contributed by atoms with Crippen LogP contribution in [0.15, 0.2) is 0 Å². The largest absolute Gasteiger partial charge is 0.462 e. The van der Waals surface area contributed by atoms with Crippen molar-refractivity contribution < 1.29 is 9.53 Å². The summed E-state index contributed by atoms with van der Waals surface area (Å²) in [4.78, 5) is 11.7. The third kappa shape index (κ3) is 4.30. The van der Waals surface area contributed by atoms with E-state index in [1.807, 2.05) is 0 Å². The summed E-state index contributed by atoms with van der Waals surface area (Å²) in [5.74, 6) is 0.590. The highest BCUT2D eigenvalue weighted by Gasteiger charge is 2.27. The van der Waals surface area contributed by atoms with Crippen molar-refractivity contribution in [2.75, 3.05) is 6.54 Å². The van der Waals surface area contributed by atoms with Crippen molar-refractivity contribution in [2.24, 2.45) is 5.92 Å². The third-order valence-electron chi connectivity index (χ3n) is 3.99. The maximum atomic E-state index is 11.7. The van der Waals surface area contributed by atoms with Crippen LogP contribution < -0.4 is 5.32 Å². The van der Waals surface area contributed by atoms with Crippen LogP contribution in [0.1, 0.15) is 58.3 Å². The summed E-state index contributed by atoms with van der Waals surface area (Å²) >= 11 is 0. The number of carbonyl (C=O) groups is 1. The fraction of sp³-hybridized carbons (Fsp3) is 0.929. The van der Waals surface area contributed by atoms with Crippen molar-refractivity contribution in [2.45, 2.75) is 70.4 Å². The van der Waals surface area contributed by atoms with Crippen LogP contribution in [0.3, 0.4) is 0 Å². The van der Waals surface area contributed by atoms with E-state index in [4.69, 9.17) is 4.74 Å². The molecular weight excluding hydrogens is 214 g/mol. The van der Waals surface area contributed by atoms with Gasteiger partial charge in [-0.2, -0.15) is 0 Å². The average molecular weight is 239 g/mol. The van der Waals surface area contributed by atoms with Crippen molar-refractivity contribution >= 4 is 5.97 Å². The number of hydrogen-bond acceptors (Lipinski definition) is 3. The van der Waals surface area contributed by atoms with Gasteiger partial charge in [-0.3, -0.25) is 4.79 Å². The number of rotatable bonds is 6. The third-order valence-corrected chi connectivity index (χ3v) is 3.99. The van der Waals surface area contributed by atoms with E-state index in [1.54, 1.807) is 0 Å². The monoisotopic (exact) mass is 239 g/mol. The molecule has 2 saturated carbocycles.